The Kier molecular flexibility index (Phi) is 3.09. The van der Waals surface area contributed by atoms with Crippen LogP contribution in [0.3, 0.4) is 0 Å². The first-order valence-corrected chi connectivity index (χ1v) is 7.23. The zero-order valence-corrected chi connectivity index (χ0v) is 11.3. The Balaban J connectivity index is 1.60. The number of hydrogen-bond acceptors (Lipinski definition) is 4. The Labute approximate surface area is 117 Å². The molecule has 2 aromatic rings. The molecule has 4 rings (SSSR count). The third-order valence-corrected chi connectivity index (χ3v) is 3.91. The van der Waals surface area contributed by atoms with E-state index in [1.165, 1.54) is 6.42 Å². The second-order valence-electron chi connectivity index (χ2n) is 5.41. The molecule has 1 unspecified atom stereocenters. The Morgan fingerprint density at radius 2 is 2.20 bits per heavy atom. The first-order valence-electron chi connectivity index (χ1n) is 7.23. The first kappa shape index (κ1) is 12.2. The molecule has 2 aliphatic rings. The highest BCUT2D eigenvalue weighted by molar-refractivity contribution is 5.80. The van der Waals surface area contributed by atoms with Crippen LogP contribution in [0.2, 0.25) is 0 Å². The van der Waals surface area contributed by atoms with Crippen molar-refractivity contribution in [3.05, 3.63) is 24.4 Å². The first-order chi connectivity index (χ1) is 9.90. The van der Waals surface area contributed by atoms with Crippen LogP contribution in [0.25, 0.3) is 10.9 Å². The fraction of sp³-hybridized carbons (Fsp3) is 0.533. The third kappa shape index (κ3) is 2.17. The standard InChI is InChI=1S/C15H18N2O3/c1-2-6-19-15(3-1)17-14-5-4-12(7-11(14)8-16-17)20-13-9-18-10-13/h4-5,7-8,13,15H,1-3,6,9-10H2. The van der Waals surface area contributed by atoms with Gasteiger partial charge in [-0.2, -0.15) is 5.10 Å². The molecule has 0 spiro atoms. The van der Waals surface area contributed by atoms with Crippen molar-refractivity contribution >= 4 is 10.9 Å². The molecule has 1 aromatic carbocycles. The zero-order valence-electron chi connectivity index (χ0n) is 11.3. The summed E-state index contributed by atoms with van der Waals surface area (Å²) >= 11 is 0. The van der Waals surface area contributed by atoms with Gasteiger partial charge in [-0.1, -0.05) is 0 Å². The molecule has 0 bridgehead atoms. The minimum absolute atomic E-state index is 0.0769. The van der Waals surface area contributed by atoms with Crippen LogP contribution >= 0.6 is 0 Å². The Morgan fingerprint density at radius 1 is 1.25 bits per heavy atom. The van der Waals surface area contributed by atoms with Crippen LogP contribution in [0.5, 0.6) is 5.75 Å². The van der Waals surface area contributed by atoms with Crippen LogP contribution in [0, 0.1) is 0 Å². The van der Waals surface area contributed by atoms with E-state index in [2.05, 4.69) is 11.2 Å². The number of hydrogen-bond donors (Lipinski definition) is 0. The van der Waals surface area contributed by atoms with Crippen molar-refractivity contribution in [2.75, 3.05) is 19.8 Å². The van der Waals surface area contributed by atoms with Crippen molar-refractivity contribution in [1.29, 1.82) is 0 Å². The molecule has 5 heteroatoms. The normalized spacial score (nSPS) is 23.7. The summed E-state index contributed by atoms with van der Waals surface area (Å²) < 4.78 is 18.7. The maximum absolute atomic E-state index is 5.82. The van der Waals surface area contributed by atoms with Gasteiger partial charge >= 0.3 is 0 Å². The summed E-state index contributed by atoms with van der Waals surface area (Å²) in [5, 5.41) is 5.58. The highest BCUT2D eigenvalue weighted by Gasteiger charge is 2.21. The van der Waals surface area contributed by atoms with E-state index >= 15 is 0 Å². The molecule has 20 heavy (non-hydrogen) atoms. The number of ether oxygens (including phenoxy) is 3. The molecular weight excluding hydrogens is 256 g/mol. The molecule has 2 aliphatic heterocycles. The number of rotatable bonds is 3. The molecule has 0 aliphatic carbocycles. The Morgan fingerprint density at radius 3 is 2.95 bits per heavy atom. The van der Waals surface area contributed by atoms with Crippen molar-refractivity contribution in [3.8, 4) is 5.75 Å². The number of benzene rings is 1. The smallest absolute Gasteiger partial charge is 0.150 e. The molecule has 2 fully saturated rings. The summed E-state index contributed by atoms with van der Waals surface area (Å²) in [5.74, 6) is 0.884. The molecule has 106 valence electrons. The monoisotopic (exact) mass is 274 g/mol. The van der Waals surface area contributed by atoms with Crippen LogP contribution in [0.1, 0.15) is 25.5 Å². The predicted octanol–water partition coefficient (Wildman–Crippen LogP) is 2.51. The van der Waals surface area contributed by atoms with Gasteiger partial charge in [0.05, 0.1) is 24.9 Å². The van der Waals surface area contributed by atoms with Gasteiger partial charge in [0.1, 0.15) is 11.9 Å². The quantitative estimate of drug-likeness (QED) is 0.862. The Bertz CT molecular complexity index is 600. The second-order valence-corrected chi connectivity index (χ2v) is 5.41. The molecular formula is C15H18N2O3. The van der Waals surface area contributed by atoms with Crippen molar-refractivity contribution < 1.29 is 14.2 Å². The molecule has 0 N–H and O–H groups in total. The Hall–Kier alpha value is -1.59. The maximum Gasteiger partial charge on any atom is 0.150 e. The van der Waals surface area contributed by atoms with E-state index in [0.717, 1.165) is 36.1 Å². The van der Waals surface area contributed by atoms with Gasteiger partial charge in [0.25, 0.3) is 0 Å². The number of fused-ring (bicyclic) bond motifs is 1. The zero-order chi connectivity index (χ0) is 13.4. The van der Waals surface area contributed by atoms with Crippen molar-refractivity contribution in [1.82, 2.24) is 9.78 Å². The minimum Gasteiger partial charge on any atom is -0.486 e. The highest BCUT2D eigenvalue weighted by Crippen LogP contribution is 2.28. The summed E-state index contributed by atoms with van der Waals surface area (Å²) in [6.45, 7) is 2.20. The van der Waals surface area contributed by atoms with Gasteiger partial charge in [-0.05, 0) is 37.5 Å². The minimum atomic E-state index is 0.0769. The SMILES string of the molecule is c1cc2c(cnn2C2CCCCO2)cc1OC1COC1. The average molecular weight is 274 g/mol. The van der Waals surface area contributed by atoms with Crippen LogP contribution < -0.4 is 4.74 Å². The van der Waals surface area contributed by atoms with E-state index in [0.29, 0.717) is 13.2 Å². The van der Waals surface area contributed by atoms with Gasteiger partial charge in [-0.25, -0.2) is 4.68 Å². The van der Waals surface area contributed by atoms with Gasteiger partial charge in [0, 0.05) is 12.0 Å². The molecule has 2 saturated heterocycles. The lowest BCUT2D eigenvalue weighted by molar-refractivity contribution is -0.0796. The number of nitrogens with zero attached hydrogens (tertiary/aromatic N) is 2. The molecule has 3 heterocycles. The van der Waals surface area contributed by atoms with Crippen molar-refractivity contribution in [2.45, 2.75) is 31.6 Å². The van der Waals surface area contributed by atoms with Gasteiger partial charge < -0.3 is 14.2 Å². The van der Waals surface area contributed by atoms with Crippen molar-refractivity contribution in [2.24, 2.45) is 0 Å². The third-order valence-electron chi connectivity index (χ3n) is 3.91. The summed E-state index contributed by atoms with van der Waals surface area (Å²) in [5.41, 5.74) is 1.11. The van der Waals surface area contributed by atoms with Crippen molar-refractivity contribution in [3.63, 3.8) is 0 Å². The summed E-state index contributed by atoms with van der Waals surface area (Å²) in [4.78, 5) is 0. The average Bonchev–Trinajstić information content (AvgIpc) is 2.87. The van der Waals surface area contributed by atoms with Crippen LogP contribution in [0.15, 0.2) is 24.4 Å². The molecule has 0 radical (unpaired) electrons. The van der Waals surface area contributed by atoms with Crippen LogP contribution in [-0.2, 0) is 9.47 Å². The maximum atomic E-state index is 5.82. The molecule has 1 atom stereocenters. The highest BCUT2D eigenvalue weighted by atomic mass is 16.6. The summed E-state index contributed by atoms with van der Waals surface area (Å²) in [6, 6.07) is 6.11. The fourth-order valence-electron chi connectivity index (χ4n) is 2.73. The predicted molar refractivity (Wildman–Crippen MR) is 73.8 cm³/mol. The largest absolute Gasteiger partial charge is 0.486 e. The van der Waals surface area contributed by atoms with Gasteiger partial charge in [0.15, 0.2) is 6.23 Å². The van der Waals surface area contributed by atoms with Crippen LogP contribution in [-0.4, -0.2) is 35.7 Å². The molecule has 5 nitrogen and oxygen atoms in total. The van der Waals surface area contributed by atoms with E-state index in [4.69, 9.17) is 14.2 Å². The fourth-order valence-corrected chi connectivity index (χ4v) is 2.73. The van der Waals surface area contributed by atoms with E-state index in [9.17, 15) is 0 Å². The van der Waals surface area contributed by atoms with E-state index in [1.54, 1.807) is 0 Å². The lowest BCUT2D eigenvalue weighted by Gasteiger charge is -2.26. The number of aromatic nitrogens is 2. The van der Waals surface area contributed by atoms with Crippen LogP contribution in [0.4, 0.5) is 0 Å². The second kappa shape index (κ2) is 5.07. The van der Waals surface area contributed by atoms with E-state index in [-0.39, 0.29) is 12.3 Å². The lowest BCUT2D eigenvalue weighted by Crippen LogP contribution is -2.38. The lowest BCUT2D eigenvalue weighted by atomic mass is 10.2. The molecule has 1 aromatic heterocycles. The van der Waals surface area contributed by atoms with Gasteiger partial charge in [-0.3, -0.25) is 0 Å². The van der Waals surface area contributed by atoms with E-state index in [1.807, 2.05) is 23.0 Å². The topological polar surface area (TPSA) is 45.5 Å². The van der Waals surface area contributed by atoms with E-state index < -0.39 is 0 Å². The summed E-state index contributed by atoms with van der Waals surface area (Å²) in [6.07, 6.45) is 5.55. The molecule has 0 saturated carbocycles. The molecule has 0 amide bonds. The van der Waals surface area contributed by atoms with Gasteiger partial charge in [0.2, 0.25) is 0 Å². The summed E-state index contributed by atoms with van der Waals surface area (Å²) in [7, 11) is 0. The van der Waals surface area contributed by atoms with Gasteiger partial charge in [-0.15, -0.1) is 0 Å².